The highest BCUT2D eigenvalue weighted by atomic mass is 16.5. The summed E-state index contributed by atoms with van der Waals surface area (Å²) < 4.78 is 10.5. The summed E-state index contributed by atoms with van der Waals surface area (Å²) in [6.07, 6.45) is 1.73. The molecule has 1 heterocycles. The van der Waals surface area contributed by atoms with E-state index in [1.165, 1.54) is 0 Å². The van der Waals surface area contributed by atoms with Gasteiger partial charge < -0.3 is 15.2 Å². The smallest absolute Gasteiger partial charge is 0.0928 e. The molecule has 0 bridgehead atoms. The van der Waals surface area contributed by atoms with Gasteiger partial charge in [0, 0.05) is 13.0 Å². The summed E-state index contributed by atoms with van der Waals surface area (Å²) >= 11 is 0. The Labute approximate surface area is 66.2 Å². The summed E-state index contributed by atoms with van der Waals surface area (Å²) in [5.74, 6) is 0.184. The Bertz CT molecular complexity index is 132. The van der Waals surface area contributed by atoms with Crippen LogP contribution in [0.15, 0.2) is 0 Å². The molecule has 0 amide bonds. The minimum Gasteiger partial charge on any atom is -0.388 e. The Hall–Kier alpha value is -0.610. The Morgan fingerprint density at radius 2 is 2.55 bits per heavy atom. The number of nitrogens with one attached hydrogen (secondary N) is 1. The highest BCUT2D eigenvalue weighted by molar-refractivity contribution is 5.76. The molecule has 0 radical (unpaired) electrons. The number of hydrogen-bond acceptors (Lipinski definition) is 3. The standard InChI is InChI=1S/C7H14N2O2/c8-7(9)2-4-11-6-1-3-10-5-6/h6H,1-5H2,(H3,8,9). The molecule has 1 aliphatic rings. The molecule has 3 N–H and O–H groups in total. The number of rotatable bonds is 4. The summed E-state index contributed by atoms with van der Waals surface area (Å²) in [6, 6.07) is 0. The van der Waals surface area contributed by atoms with E-state index >= 15 is 0 Å². The minimum atomic E-state index is 0.184. The van der Waals surface area contributed by atoms with Crippen LogP contribution in [0.3, 0.4) is 0 Å². The van der Waals surface area contributed by atoms with Crippen molar-refractivity contribution in [2.24, 2.45) is 5.73 Å². The number of amidine groups is 1. The van der Waals surface area contributed by atoms with Crippen molar-refractivity contribution >= 4 is 5.84 Å². The largest absolute Gasteiger partial charge is 0.388 e. The topological polar surface area (TPSA) is 68.3 Å². The SMILES string of the molecule is N=C(N)CCOC1CCOC1. The van der Waals surface area contributed by atoms with Crippen LogP contribution < -0.4 is 5.73 Å². The first-order valence-corrected chi connectivity index (χ1v) is 3.81. The molecular weight excluding hydrogens is 144 g/mol. The molecule has 1 fully saturated rings. The molecule has 1 atom stereocenters. The van der Waals surface area contributed by atoms with Crippen molar-refractivity contribution in [3.8, 4) is 0 Å². The van der Waals surface area contributed by atoms with Crippen LogP contribution in [0.2, 0.25) is 0 Å². The van der Waals surface area contributed by atoms with Crippen molar-refractivity contribution in [1.29, 1.82) is 5.41 Å². The molecule has 0 aromatic heterocycles. The Morgan fingerprint density at radius 3 is 3.09 bits per heavy atom. The minimum absolute atomic E-state index is 0.184. The van der Waals surface area contributed by atoms with Crippen LogP contribution in [0.1, 0.15) is 12.8 Å². The van der Waals surface area contributed by atoms with Gasteiger partial charge in [0.2, 0.25) is 0 Å². The lowest BCUT2D eigenvalue weighted by Crippen LogP contribution is -2.18. The Balaban J connectivity index is 1.98. The van der Waals surface area contributed by atoms with Gasteiger partial charge in [-0.1, -0.05) is 0 Å². The van der Waals surface area contributed by atoms with E-state index in [9.17, 15) is 0 Å². The van der Waals surface area contributed by atoms with Crippen LogP contribution in [0, 0.1) is 5.41 Å². The van der Waals surface area contributed by atoms with Crippen LogP contribution in [-0.4, -0.2) is 31.8 Å². The maximum atomic E-state index is 6.93. The van der Waals surface area contributed by atoms with Gasteiger partial charge in [0.05, 0.1) is 25.2 Å². The number of nitrogens with two attached hydrogens (primary N) is 1. The van der Waals surface area contributed by atoms with E-state index in [-0.39, 0.29) is 11.9 Å². The van der Waals surface area contributed by atoms with Gasteiger partial charge in [-0.2, -0.15) is 0 Å². The van der Waals surface area contributed by atoms with Gasteiger partial charge in [-0.3, -0.25) is 5.41 Å². The second-order valence-electron chi connectivity index (χ2n) is 2.63. The molecule has 4 nitrogen and oxygen atoms in total. The van der Waals surface area contributed by atoms with Gasteiger partial charge in [-0.05, 0) is 6.42 Å². The third kappa shape index (κ3) is 3.34. The molecule has 0 aromatic carbocycles. The average molecular weight is 158 g/mol. The van der Waals surface area contributed by atoms with E-state index in [0.717, 1.165) is 13.0 Å². The summed E-state index contributed by atoms with van der Waals surface area (Å²) in [5, 5.41) is 6.93. The van der Waals surface area contributed by atoms with Crippen molar-refractivity contribution in [3.63, 3.8) is 0 Å². The summed E-state index contributed by atoms with van der Waals surface area (Å²) in [6.45, 7) is 2.03. The van der Waals surface area contributed by atoms with E-state index in [1.807, 2.05) is 0 Å². The lowest BCUT2D eigenvalue weighted by molar-refractivity contribution is 0.0468. The van der Waals surface area contributed by atoms with Gasteiger partial charge in [-0.25, -0.2) is 0 Å². The lowest BCUT2D eigenvalue weighted by atomic mass is 10.3. The Morgan fingerprint density at radius 1 is 1.73 bits per heavy atom. The van der Waals surface area contributed by atoms with Crippen LogP contribution in [0.5, 0.6) is 0 Å². The van der Waals surface area contributed by atoms with E-state index in [4.69, 9.17) is 20.6 Å². The maximum Gasteiger partial charge on any atom is 0.0928 e. The van der Waals surface area contributed by atoms with E-state index in [1.54, 1.807) is 0 Å². The third-order valence-corrected chi connectivity index (χ3v) is 1.61. The van der Waals surface area contributed by atoms with Crippen molar-refractivity contribution in [1.82, 2.24) is 0 Å². The summed E-state index contributed by atoms with van der Waals surface area (Å²) in [7, 11) is 0. The zero-order valence-corrected chi connectivity index (χ0v) is 6.51. The van der Waals surface area contributed by atoms with Gasteiger partial charge in [-0.15, -0.1) is 0 Å². The number of ether oxygens (including phenoxy) is 2. The first-order valence-electron chi connectivity index (χ1n) is 3.81. The summed E-state index contributed by atoms with van der Waals surface area (Å²) in [5.41, 5.74) is 5.15. The van der Waals surface area contributed by atoms with E-state index in [0.29, 0.717) is 19.6 Å². The van der Waals surface area contributed by atoms with Crippen molar-refractivity contribution in [2.45, 2.75) is 18.9 Å². The molecule has 1 rings (SSSR count). The predicted octanol–water partition coefficient (Wildman–Crippen LogP) is 0.118. The molecule has 4 heteroatoms. The molecule has 0 spiro atoms. The fourth-order valence-electron chi connectivity index (χ4n) is 0.980. The molecule has 0 aromatic rings. The van der Waals surface area contributed by atoms with E-state index < -0.39 is 0 Å². The molecule has 1 saturated heterocycles. The van der Waals surface area contributed by atoms with Crippen LogP contribution in [0.4, 0.5) is 0 Å². The third-order valence-electron chi connectivity index (χ3n) is 1.61. The number of hydrogen-bond donors (Lipinski definition) is 2. The first kappa shape index (κ1) is 8.49. The molecular formula is C7H14N2O2. The monoisotopic (exact) mass is 158 g/mol. The van der Waals surface area contributed by atoms with Gasteiger partial charge >= 0.3 is 0 Å². The van der Waals surface area contributed by atoms with Crippen LogP contribution >= 0.6 is 0 Å². The fraction of sp³-hybridized carbons (Fsp3) is 0.857. The lowest BCUT2D eigenvalue weighted by Gasteiger charge is -2.08. The Kier molecular flexibility index (Phi) is 3.32. The van der Waals surface area contributed by atoms with Gasteiger partial charge in [0.1, 0.15) is 0 Å². The molecule has 1 aliphatic heterocycles. The van der Waals surface area contributed by atoms with Gasteiger partial charge in [0.15, 0.2) is 0 Å². The van der Waals surface area contributed by atoms with Crippen molar-refractivity contribution < 1.29 is 9.47 Å². The second kappa shape index (κ2) is 4.31. The first-order chi connectivity index (χ1) is 5.29. The van der Waals surface area contributed by atoms with Crippen molar-refractivity contribution in [2.75, 3.05) is 19.8 Å². The summed E-state index contributed by atoms with van der Waals surface area (Å²) in [4.78, 5) is 0. The van der Waals surface area contributed by atoms with Crippen LogP contribution in [0.25, 0.3) is 0 Å². The average Bonchev–Trinajstić information content (AvgIpc) is 2.39. The zero-order valence-electron chi connectivity index (χ0n) is 6.51. The molecule has 1 unspecified atom stereocenters. The molecule has 11 heavy (non-hydrogen) atoms. The maximum absolute atomic E-state index is 6.93. The highest BCUT2D eigenvalue weighted by Gasteiger charge is 2.15. The molecule has 0 aliphatic carbocycles. The molecule has 0 saturated carbocycles. The van der Waals surface area contributed by atoms with E-state index in [2.05, 4.69) is 0 Å². The molecule has 64 valence electrons. The zero-order chi connectivity index (χ0) is 8.10. The fourth-order valence-corrected chi connectivity index (χ4v) is 0.980. The van der Waals surface area contributed by atoms with Crippen LogP contribution in [-0.2, 0) is 9.47 Å². The normalized spacial score (nSPS) is 23.8. The second-order valence-corrected chi connectivity index (χ2v) is 2.63. The predicted molar refractivity (Wildman–Crippen MR) is 41.7 cm³/mol. The van der Waals surface area contributed by atoms with Gasteiger partial charge in [0.25, 0.3) is 0 Å². The highest BCUT2D eigenvalue weighted by Crippen LogP contribution is 2.07. The quantitative estimate of drug-likeness (QED) is 0.451. The van der Waals surface area contributed by atoms with Crippen molar-refractivity contribution in [3.05, 3.63) is 0 Å².